The van der Waals surface area contributed by atoms with Crippen LogP contribution < -0.4 is 5.73 Å². The van der Waals surface area contributed by atoms with E-state index in [0.717, 1.165) is 31.6 Å². The molecule has 0 saturated heterocycles. The molecule has 0 aromatic carbocycles. The first-order valence-corrected chi connectivity index (χ1v) is 5.96. The van der Waals surface area contributed by atoms with Crippen LogP contribution in [0.5, 0.6) is 0 Å². The molecule has 1 aromatic heterocycles. The minimum absolute atomic E-state index is 0.625. The summed E-state index contributed by atoms with van der Waals surface area (Å²) < 4.78 is 5.42. The highest BCUT2D eigenvalue weighted by Gasteiger charge is 2.00. The molecule has 1 aromatic rings. The Bertz CT molecular complexity index is 250. The van der Waals surface area contributed by atoms with Crippen LogP contribution >= 0.6 is 11.3 Å². The predicted molar refractivity (Wildman–Crippen MR) is 59.4 cm³/mol. The first-order valence-electron chi connectivity index (χ1n) is 5.08. The van der Waals surface area contributed by atoms with Crippen molar-refractivity contribution in [3.8, 4) is 0 Å². The minimum Gasteiger partial charge on any atom is -0.375 e. The Morgan fingerprint density at radius 2 is 2.43 bits per heavy atom. The number of nitrogens with zero attached hydrogens (tertiary/aromatic N) is 1. The molecule has 0 aliphatic heterocycles. The Morgan fingerprint density at radius 3 is 3.14 bits per heavy atom. The van der Waals surface area contributed by atoms with Crippen molar-refractivity contribution >= 4 is 11.3 Å². The third-order valence-corrected chi connectivity index (χ3v) is 2.76. The van der Waals surface area contributed by atoms with E-state index in [0.29, 0.717) is 13.2 Å². The fourth-order valence-electron chi connectivity index (χ4n) is 1.11. The summed E-state index contributed by atoms with van der Waals surface area (Å²) in [5.41, 5.74) is 6.41. The van der Waals surface area contributed by atoms with E-state index in [1.165, 1.54) is 5.01 Å². The SMILES string of the molecule is CCCc1nc(COCCCN)cs1. The molecule has 2 N–H and O–H groups in total. The van der Waals surface area contributed by atoms with Gasteiger partial charge < -0.3 is 10.5 Å². The molecule has 14 heavy (non-hydrogen) atoms. The third kappa shape index (κ3) is 4.17. The van der Waals surface area contributed by atoms with E-state index in [9.17, 15) is 0 Å². The van der Waals surface area contributed by atoms with Crippen molar-refractivity contribution in [2.24, 2.45) is 5.73 Å². The van der Waals surface area contributed by atoms with Gasteiger partial charge in [0.1, 0.15) is 0 Å². The predicted octanol–water partition coefficient (Wildman–Crippen LogP) is 1.96. The number of rotatable bonds is 7. The van der Waals surface area contributed by atoms with Crippen LogP contribution in [0.2, 0.25) is 0 Å². The summed E-state index contributed by atoms with van der Waals surface area (Å²) in [5.74, 6) is 0. The van der Waals surface area contributed by atoms with Gasteiger partial charge in [-0.25, -0.2) is 4.98 Å². The topological polar surface area (TPSA) is 48.1 Å². The fourth-order valence-corrected chi connectivity index (χ4v) is 1.99. The van der Waals surface area contributed by atoms with Crippen LogP contribution in [0.15, 0.2) is 5.38 Å². The van der Waals surface area contributed by atoms with E-state index in [4.69, 9.17) is 10.5 Å². The fraction of sp³-hybridized carbons (Fsp3) is 0.700. The highest BCUT2D eigenvalue weighted by Crippen LogP contribution is 2.12. The number of nitrogens with two attached hydrogens (primary N) is 1. The van der Waals surface area contributed by atoms with Gasteiger partial charge >= 0.3 is 0 Å². The zero-order valence-electron chi connectivity index (χ0n) is 8.66. The van der Waals surface area contributed by atoms with E-state index in [2.05, 4.69) is 17.3 Å². The van der Waals surface area contributed by atoms with Crippen LogP contribution in [0.1, 0.15) is 30.5 Å². The second kappa shape index (κ2) is 6.92. The lowest BCUT2D eigenvalue weighted by Crippen LogP contribution is -2.04. The normalized spacial score (nSPS) is 10.7. The van der Waals surface area contributed by atoms with Gasteiger partial charge in [0, 0.05) is 12.0 Å². The number of thiazole rings is 1. The van der Waals surface area contributed by atoms with Gasteiger partial charge in [-0.2, -0.15) is 0 Å². The standard InChI is InChI=1S/C10H18N2OS/c1-2-4-10-12-9(8-14-10)7-13-6-3-5-11/h8H,2-7,11H2,1H3. The molecule has 0 atom stereocenters. The van der Waals surface area contributed by atoms with Crippen molar-refractivity contribution < 1.29 is 4.74 Å². The largest absolute Gasteiger partial charge is 0.375 e. The molecule has 0 aliphatic carbocycles. The van der Waals surface area contributed by atoms with Gasteiger partial charge in [-0.05, 0) is 25.8 Å². The maximum absolute atomic E-state index is 5.42. The highest BCUT2D eigenvalue weighted by molar-refractivity contribution is 7.09. The number of aryl methyl sites for hydroxylation is 1. The molecule has 1 rings (SSSR count). The Kier molecular flexibility index (Phi) is 5.75. The summed E-state index contributed by atoms with van der Waals surface area (Å²) in [6.45, 7) is 4.22. The summed E-state index contributed by atoms with van der Waals surface area (Å²) in [4.78, 5) is 4.46. The minimum atomic E-state index is 0.625. The first-order chi connectivity index (χ1) is 6.86. The Morgan fingerprint density at radius 1 is 1.57 bits per heavy atom. The maximum Gasteiger partial charge on any atom is 0.0929 e. The van der Waals surface area contributed by atoms with E-state index >= 15 is 0 Å². The Hall–Kier alpha value is -0.450. The molecular formula is C10H18N2OS. The summed E-state index contributed by atoms with van der Waals surface area (Å²) in [6.07, 6.45) is 3.15. The van der Waals surface area contributed by atoms with Gasteiger partial charge in [-0.15, -0.1) is 11.3 Å². The van der Waals surface area contributed by atoms with Crippen LogP contribution in [0.4, 0.5) is 0 Å². The molecule has 0 saturated carbocycles. The molecule has 0 amide bonds. The average molecular weight is 214 g/mol. The second-order valence-electron chi connectivity index (χ2n) is 3.18. The van der Waals surface area contributed by atoms with Crippen molar-refractivity contribution in [3.63, 3.8) is 0 Å². The van der Waals surface area contributed by atoms with E-state index in [1.807, 2.05) is 0 Å². The number of hydrogen-bond acceptors (Lipinski definition) is 4. The van der Waals surface area contributed by atoms with E-state index < -0.39 is 0 Å². The van der Waals surface area contributed by atoms with Crippen LogP contribution in [0, 0.1) is 0 Å². The lowest BCUT2D eigenvalue weighted by molar-refractivity contribution is 0.117. The molecule has 0 fully saturated rings. The van der Waals surface area contributed by atoms with Crippen LogP contribution in [0.3, 0.4) is 0 Å². The number of ether oxygens (including phenoxy) is 1. The third-order valence-electron chi connectivity index (χ3n) is 1.81. The number of aromatic nitrogens is 1. The average Bonchev–Trinajstić information content (AvgIpc) is 2.61. The summed E-state index contributed by atoms with van der Waals surface area (Å²) >= 11 is 1.72. The lowest BCUT2D eigenvalue weighted by atomic mass is 10.3. The van der Waals surface area contributed by atoms with Crippen molar-refractivity contribution in [2.45, 2.75) is 32.8 Å². The zero-order chi connectivity index (χ0) is 10.2. The van der Waals surface area contributed by atoms with Crippen molar-refractivity contribution in [3.05, 3.63) is 16.1 Å². The molecule has 3 nitrogen and oxygen atoms in total. The molecule has 80 valence electrons. The molecule has 0 aliphatic rings. The van der Waals surface area contributed by atoms with E-state index in [-0.39, 0.29) is 0 Å². The Balaban J connectivity index is 2.22. The van der Waals surface area contributed by atoms with Gasteiger partial charge in [0.15, 0.2) is 0 Å². The quantitative estimate of drug-likeness (QED) is 0.706. The smallest absolute Gasteiger partial charge is 0.0929 e. The van der Waals surface area contributed by atoms with Crippen molar-refractivity contribution in [1.82, 2.24) is 4.98 Å². The molecule has 0 spiro atoms. The molecule has 1 heterocycles. The summed E-state index contributed by atoms with van der Waals surface area (Å²) in [6, 6.07) is 0. The molecule has 0 unspecified atom stereocenters. The van der Waals surface area contributed by atoms with Gasteiger partial charge in [0.05, 0.1) is 17.3 Å². The maximum atomic E-state index is 5.42. The molecule has 0 radical (unpaired) electrons. The van der Waals surface area contributed by atoms with Gasteiger partial charge in [-0.1, -0.05) is 6.92 Å². The Labute approximate surface area is 89.3 Å². The van der Waals surface area contributed by atoms with Crippen LogP contribution in [-0.4, -0.2) is 18.1 Å². The van der Waals surface area contributed by atoms with Crippen molar-refractivity contribution in [1.29, 1.82) is 0 Å². The molecule has 0 bridgehead atoms. The highest BCUT2D eigenvalue weighted by atomic mass is 32.1. The van der Waals surface area contributed by atoms with Gasteiger partial charge in [0.2, 0.25) is 0 Å². The second-order valence-corrected chi connectivity index (χ2v) is 4.12. The van der Waals surface area contributed by atoms with Gasteiger partial charge in [0.25, 0.3) is 0 Å². The first kappa shape index (κ1) is 11.6. The molecular weight excluding hydrogens is 196 g/mol. The molecule has 4 heteroatoms. The monoisotopic (exact) mass is 214 g/mol. The number of hydrogen-bond donors (Lipinski definition) is 1. The van der Waals surface area contributed by atoms with E-state index in [1.54, 1.807) is 11.3 Å². The van der Waals surface area contributed by atoms with Gasteiger partial charge in [-0.3, -0.25) is 0 Å². The summed E-state index contributed by atoms with van der Waals surface area (Å²) in [7, 11) is 0. The van der Waals surface area contributed by atoms with Crippen LogP contribution in [-0.2, 0) is 17.8 Å². The summed E-state index contributed by atoms with van der Waals surface area (Å²) in [5, 5.41) is 3.29. The zero-order valence-corrected chi connectivity index (χ0v) is 9.48. The van der Waals surface area contributed by atoms with Crippen molar-refractivity contribution in [2.75, 3.05) is 13.2 Å². The lowest BCUT2D eigenvalue weighted by Gasteiger charge is -1.99. The van der Waals surface area contributed by atoms with Crippen LogP contribution in [0.25, 0.3) is 0 Å².